The molecule has 0 aromatic heterocycles. The van der Waals surface area contributed by atoms with Gasteiger partial charge in [-0.15, -0.1) is 0 Å². The average molecular weight is 257 g/mol. The first-order chi connectivity index (χ1) is 8.33. The number of nitrogens with one attached hydrogen (secondary N) is 1. The fourth-order valence-electron chi connectivity index (χ4n) is 1.59. The van der Waals surface area contributed by atoms with Gasteiger partial charge in [-0.25, -0.2) is 0 Å². The lowest BCUT2D eigenvalue weighted by Crippen LogP contribution is -2.50. The van der Waals surface area contributed by atoms with Crippen molar-refractivity contribution in [1.29, 1.82) is 0 Å². The molecule has 1 unspecified atom stereocenters. The van der Waals surface area contributed by atoms with Crippen LogP contribution in [0, 0.1) is 5.92 Å². The van der Waals surface area contributed by atoms with Gasteiger partial charge in [-0.3, -0.25) is 9.59 Å². The van der Waals surface area contributed by atoms with Crippen LogP contribution in [-0.4, -0.2) is 41.9 Å². The zero-order valence-electron chi connectivity index (χ0n) is 12.2. The van der Waals surface area contributed by atoms with Crippen molar-refractivity contribution in [1.82, 2.24) is 10.2 Å². The fraction of sp³-hybridized carbons (Fsp3) is 0.846. The molecule has 5 nitrogen and oxygen atoms in total. The Morgan fingerprint density at radius 1 is 1.22 bits per heavy atom. The minimum atomic E-state index is -0.526. The van der Waals surface area contributed by atoms with Crippen LogP contribution in [0.1, 0.15) is 41.0 Å². The molecular weight excluding hydrogens is 230 g/mol. The molecule has 0 aromatic carbocycles. The van der Waals surface area contributed by atoms with Gasteiger partial charge in [0.15, 0.2) is 0 Å². The molecule has 3 N–H and O–H groups in total. The maximum Gasteiger partial charge on any atom is 0.240 e. The molecule has 106 valence electrons. The summed E-state index contributed by atoms with van der Waals surface area (Å²) < 4.78 is 0. The Kier molecular flexibility index (Phi) is 7.59. The topological polar surface area (TPSA) is 75.4 Å². The van der Waals surface area contributed by atoms with E-state index < -0.39 is 6.04 Å². The molecule has 0 spiro atoms. The smallest absolute Gasteiger partial charge is 0.240 e. The molecule has 0 radical (unpaired) electrons. The van der Waals surface area contributed by atoms with Gasteiger partial charge in [-0.2, -0.15) is 0 Å². The summed E-state index contributed by atoms with van der Waals surface area (Å²) in [6.07, 6.45) is 0.850. The van der Waals surface area contributed by atoms with Crippen LogP contribution in [0.5, 0.6) is 0 Å². The average Bonchev–Trinajstić information content (AvgIpc) is 2.32. The first kappa shape index (κ1) is 16.9. The second kappa shape index (κ2) is 8.08. The van der Waals surface area contributed by atoms with Gasteiger partial charge >= 0.3 is 0 Å². The normalized spacial score (nSPS) is 14.2. The van der Waals surface area contributed by atoms with Gasteiger partial charge < -0.3 is 16.0 Å². The van der Waals surface area contributed by atoms with Crippen molar-refractivity contribution >= 4 is 11.8 Å². The van der Waals surface area contributed by atoms with E-state index in [1.165, 1.54) is 4.90 Å². The molecule has 0 bridgehead atoms. The van der Waals surface area contributed by atoms with E-state index in [-0.39, 0.29) is 30.3 Å². The van der Waals surface area contributed by atoms with Gasteiger partial charge in [-0.1, -0.05) is 20.3 Å². The lowest BCUT2D eigenvalue weighted by atomic mass is 9.99. The monoisotopic (exact) mass is 257 g/mol. The van der Waals surface area contributed by atoms with Crippen molar-refractivity contribution in [3.63, 3.8) is 0 Å². The largest absolute Gasteiger partial charge is 0.352 e. The van der Waals surface area contributed by atoms with E-state index in [1.54, 1.807) is 0 Å². The molecule has 0 fully saturated rings. The highest BCUT2D eigenvalue weighted by Crippen LogP contribution is 2.08. The number of nitrogens with zero attached hydrogens (tertiary/aromatic N) is 1. The summed E-state index contributed by atoms with van der Waals surface area (Å²) in [7, 11) is 0. The zero-order valence-corrected chi connectivity index (χ0v) is 12.2. The number of amides is 2. The standard InChI is InChI=1S/C13H27N3O2/c1-6-10(5)12(14)13(18)16(7-2)8-11(17)15-9(3)4/h9-10,12H,6-8,14H2,1-5H3,(H,15,17)/t10?,12-/m0/s1. The molecular formula is C13H27N3O2. The van der Waals surface area contributed by atoms with Crippen molar-refractivity contribution in [3.05, 3.63) is 0 Å². The molecule has 2 atom stereocenters. The molecule has 18 heavy (non-hydrogen) atoms. The summed E-state index contributed by atoms with van der Waals surface area (Å²) in [5, 5.41) is 2.77. The predicted octanol–water partition coefficient (Wildman–Crippen LogP) is 0.733. The summed E-state index contributed by atoms with van der Waals surface area (Å²) in [4.78, 5) is 25.3. The van der Waals surface area contributed by atoms with E-state index in [1.807, 2.05) is 34.6 Å². The van der Waals surface area contributed by atoms with E-state index in [0.29, 0.717) is 6.54 Å². The maximum absolute atomic E-state index is 12.1. The molecule has 2 amide bonds. The second-order valence-electron chi connectivity index (χ2n) is 4.99. The summed E-state index contributed by atoms with van der Waals surface area (Å²) in [6, 6.07) is -0.448. The number of nitrogens with two attached hydrogens (primary N) is 1. The molecule has 5 heteroatoms. The van der Waals surface area contributed by atoms with E-state index in [0.717, 1.165) is 6.42 Å². The number of hydrogen-bond donors (Lipinski definition) is 2. The second-order valence-corrected chi connectivity index (χ2v) is 4.99. The van der Waals surface area contributed by atoms with Gasteiger partial charge in [0.1, 0.15) is 0 Å². The Bertz CT molecular complexity index is 279. The Hall–Kier alpha value is -1.10. The highest BCUT2D eigenvalue weighted by atomic mass is 16.2. The van der Waals surface area contributed by atoms with E-state index in [4.69, 9.17) is 5.73 Å². The summed E-state index contributed by atoms with van der Waals surface area (Å²) in [6.45, 7) is 10.2. The van der Waals surface area contributed by atoms with Crippen LogP contribution in [0.2, 0.25) is 0 Å². The molecule has 0 aliphatic rings. The SMILES string of the molecule is CCC(C)[C@H](N)C(=O)N(CC)CC(=O)NC(C)C. The van der Waals surface area contributed by atoms with Crippen LogP contribution in [0.4, 0.5) is 0 Å². The highest BCUT2D eigenvalue weighted by molar-refractivity contribution is 5.87. The van der Waals surface area contributed by atoms with Crippen molar-refractivity contribution in [2.24, 2.45) is 11.7 Å². The van der Waals surface area contributed by atoms with Gasteiger partial charge in [0.25, 0.3) is 0 Å². The maximum atomic E-state index is 12.1. The van der Waals surface area contributed by atoms with Crippen molar-refractivity contribution < 1.29 is 9.59 Å². The lowest BCUT2D eigenvalue weighted by Gasteiger charge is -2.26. The lowest BCUT2D eigenvalue weighted by molar-refractivity contribution is -0.138. The Balaban J connectivity index is 4.49. The van der Waals surface area contributed by atoms with E-state index in [2.05, 4.69) is 5.32 Å². The molecule has 0 heterocycles. The number of rotatable bonds is 7. The molecule has 0 aliphatic carbocycles. The summed E-state index contributed by atoms with van der Waals surface area (Å²) in [5.41, 5.74) is 5.90. The summed E-state index contributed by atoms with van der Waals surface area (Å²) >= 11 is 0. The third-order valence-electron chi connectivity index (χ3n) is 3.02. The Morgan fingerprint density at radius 2 is 1.78 bits per heavy atom. The van der Waals surface area contributed by atoms with E-state index >= 15 is 0 Å². The van der Waals surface area contributed by atoms with Gasteiger partial charge in [0.2, 0.25) is 11.8 Å². The van der Waals surface area contributed by atoms with Crippen LogP contribution in [0.25, 0.3) is 0 Å². The molecule has 0 saturated heterocycles. The van der Waals surface area contributed by atoms with Crippen molar-refractivity contribution in [2.75, 3.05) is 13.1 Å². The quantitative estimate of drug-likeness (QED) is 0.706. The minimum Gasteiger partial charge on any atom is -0.352 e. The highest BCUT2D eigenvalue weighted by Gasteiger charge is 2.25. The van der Waals surface area contributed by atoms with Crippen LogP contribution in [-0.2, 0) is 9.59 Å². The fourth-order valence-corrected chi connectivity index (χ4v) is 1.59. The molecule has 0 saturated carbocycles. The number of carbonyl (C=O) groups is 2. The van der Waals surface area contributed by atoms with Crippen molar-refractivity contribution in [3.8, 4) is 0 Å². The molecule has 0 rings (SSSR count). The Morgan fingerprint density at radius 3 is 2.17 bits per heavy atom. The number of likely N-dealkylation sites (N-methyl/N-ethyl adjacent to an activating group) is 1. The van der Waals surface area contributed by atoms with Crippen LogP contribution in [0.15, 0.2) is 0 Å². The zero-order chi connectivity index (χ0) is 14.3. The third-order valence-corrected chi connectivity index (χ3v) is 3.02. The van der Waals surface area contributed by atoms with Crippen LogP contribution in [0.3, 0.4) is 0 Å². The number of carbonyl (C=O) groups excluding carboxylic acids is 2. The van der Waals surface area contributed by atoms with Gasteiger partial charge in [-0.05, 0) is 26.7 Å². The number of hydrogen-bond acceptors (Lipinski definition) is 3. The first-order valence-electron chi connectivity index (χ1n) is 6.67. The molecule has 0 aliphatic heterocycles. The molecule has 0 aromatic rings. The van der Waals surface area contributed by atoms with Crippen molar-refractivity contribution in [2.45, 2.75) is 53.1 Å². The summed E-state index contributed by atoms with van der Waals surface area (Å²) in [5.74, 6) is -0.165. The van der Waals surface area contributed by atoms with Gasteiger partial charge in [0.05, 0.1) is 12.6 Å². The van der Waals surface area contributed by atoms with Crippen LogP contribution < -0.4 is 11.1 Å². The van der Waals surface area contributed by atoms with Gasteiger partial charge in [0, 0.05) is 12.6 Å². The Labute approximate surface area is 110 Å². The van der Waals surface area contributed by atoms with Crippen LogP contribution >= 0.6 is 0 Å². The first-order valence-corrected chi connectivity index (χ1v) is 6.67. The third kappa shape index (κ3) is 5.49. The predicted molar refractivity (Wildman–Crippen MR) is 73.0 cm³/mol. The van der Waals surface area contributed by atoms with E-state index in [9.17, 15) is 9.59 Å². The minimum absolute atomic E-state index is 0.0783.